The standard InChI is InChI=1S/C11H15NO4S/c1-8(9(2)17(12,14)15)16-11(13)10-6-4-3-5-7-10/h3-9H,1-2H3,(H2,12,14,15). The molecule has 0 fully saturated rings. The zero-order valence-electron chi connectivity index (χ0n) is 9.66. The van der Waals surface area contributed by atoms with Gasteiger partial charge in [0.1, 0.15) is 11.4 Å². The maximum absolute atomic E-state index is 11.6. The maximum Gasteiger partial charge on any atom is 0.338 e. The van der Waals surface area contributed by atoms with Crippen LogP contribution < -0.4 is 5.14 Å². The molecule has 0 aromatic heterocycles. The first kappa shape index (κ1) is 13.7. The second-order valence-corrected chi connectivity index (χ2v) is 5.69. The van der Waals surface area contributed by atoms with Crippen LogP contribution >= 0.6 is 0 Å². The third-order valence-corrected chi connectivity index (χ3v) is 3.90. The number of benzene rings is 1. The summed E-state index contributed by atoms with van der Waals surface area (Å²) in [6, 6.07) is 8.36. The number of hydrogen-bond donors (Lipinski definition) is 1. The topological polar surface area (TPSA) is 86.5 Å². The van der Waals surface area contributed by atoms with Gasteiger partial charge in [-0.25, -0.2) is 18.4 Å². The summed E-state index contributed by atoms with van der Waals surface area (Å²) in [7, 11) is -3.71. The summed E-state index contributed by atoms with van der Waals surface area (Å²) < 4.78 is 27.2. The molecule has 0 heterocycles. The van der Waals surface area contributed by atoms with E-state index in [0.717, 1.165) is 0 Å². The van der Waals surface area contributed by atoms with Crippen LogP contribution in [0.25, 0.3) is 0 Å². The summed E-state index contributed by atoms with van der Waals surface area (Å²) >= 11 is 0. The second kappa shape index (κ2) is 5.29. The van der Waals surface area contributed by atoms with E-state index in [2.05, 4.69) is 0 Å². The Morgan fingerprint density at radius 2 is 1.76 bits per heavy atom. The Labute approximate surface area is 101 Å². The molecule has 1 aromatic rings. The molecule has 0 bridgehead atoms. The molecule has 2 atom stereocenters. The van der Waals surface area contributed by atoms with Gasteiger partial charge in [-0.15, -0.1) is 0 Å². The van der Waals surface area contributed by atoms with Crippen molar-refractivity contribution in [3.63, 3.8) is 0 Å². The number of carbonyl (C=O) groups excluding carboxylic acids is 1. The number of hydrogen-bond acceptors (Lipinski definition) is 4. The molecule has 0 aliphatic rings. The number of nitrogens with two attached hydrogens (primary N) is 1. The molecule has 2 unspecified atom stereocenters. The van der Waals surface area contributed by atoms with E-state index >= 15 is 0 Å². The molecule has 0 saturated heterocycles. The van der Waals surface area contributed by atoms with Gasteiger partial charge < -0.3 is 4.74 Å². The Morgan fingerprint density at radius 1 is 1.24 bits per heavy atom. The van der Waals surface area contributed by atoms with Crippen molar-refractivity contribution in [3.05, 3.63) is 35.9 Å². The molecule has 0 amide bonds. The molecule has 1 rings (SSSR count). The van der Waals surface area contributed by atoms with Crippen LogP contribution in [0.1, 0.15) is 24.2 Å². The third-order valence-electron chi connectivity index (χ3n) is 2.48. The fourth-order valence-electron chi connectivity index (χ4n) is 1.17. The van der Waals surface area contributed by atoms with Crippen molar-refractivity contribution in [2.75, 3.05) is 0 Å². The fourth-order valence-corrected chi connectivity index (χ4v) is 1.76. The quantitative estimate of drug-likeness (QED) is 0.812. The first-order valence-corrected chi connectivity index (χ1v) is 6.71. The number of rotatable bonds is 4. The minimum absolute atomic E-state index is 0.376. The lowest BCUT2D eigenvalue weighted by molar-refractivity contribution is 0.0341. The lowest BCUT2D eigenvalue weighted by Gasteiger charge is -2.18. The predicted molar refractivity (Wildman–Crippen MR) is 63.9 cm³/mol. The predicted octanol–water partition coefficient (Wildman–Crippen LogP) is 0.909. The van der Waals surface area contributed by atoms with Gasteiger partial charge in [-0.05, 0) is 26.0 Å². The molecular formula is C11H15NO4S. The maximum atomic E-state index is 11.6. The van der Waals surface area contributed by atoms with Crippen LogP contribution in [0.2, 0.25) is 0 Å². The smallest absolute Gasteiger partial charge is 0.338 e. The molecule has 0 saturated carbocycles. The highest BCUT2D eigenvalue weighted by atomic mass is 32.2. The molecule has 17 heavy (non-hydrogen) atoms. The monoisotopic (exact) mass is 257 g/mol. The molecule has 0 aliphatic heterocycles. The fraction of sp³-hybridized carbons (Fsp3) is 0.364. The van der Waals surface area contributed by atoms with Crippen LogP contribution in [-0.4, -0.2) is 25.7 Å². The van der Waals surface area contributed by atoms with Gasteiger partial charge in [0.15, 0.2) is 0 Å². The molecular weight excluding hydrogens is 242 g/mol. The first-order chi connectivity index (χ1) is 7.82. The normalized spacial score (nSPS) is 15.0. The van der Waals surface area contributed by atoms with Gasteiger partial charge in [0, 0.05) is 0 Å². The van der Waals surface area contributed by atoms with Crippen molar-refractivity contribution in [1.29, 1.82) is 0 Å². The summed E-state index contributed by atoms with van der Waals surface area (Å²) in [6.45, 7) is 2.90. The molecule has 0 aliphatic carbocycles. The van der Waals surface area contributed by atoms with E-state index in [0.29, 0.717) is 5.56 Å². The summed E-state index contributed by atoms with van der Waals surface area (Å²) in [5, 5.41) is 4.04. The van der Waals surface area contributed by atoms with Crippen molar-refractivity contribution in [2.24, 2.45) is 5.14 Å². The average Bonchev–Trinajstić information content (AvgIpc) is 2.27. The highest BCUT2D eigenvalue weighted by molar-refractivity contribution is 7.89. The van der Waals surface area contributed by atoms with Gasteiger partial charge in [0.2, 0.25) is 10.0 Å². The van der Waals surface area contributed by atoms with Crippen molar-refractivity contribution >= 4 is 16.0 Å². The minimum Gasteiger partial charge on any atom is -0.458 e. The van der Waals surface area contributed by atoms with E-state index in [9.17, 15) is 13.2 Å². The van der Waals surface area contributed by atoms with Crippen molar-refractivity contribution in [2.45, 2.75) is 25.2 Å². The highest BCUT2D eigenvalue weighted by Crippen LogP contribution is 2.09. The van der Waals surface area contributed by atoms with Gasteiger partial charge in [0.05, 0.1) is 5.56 Å². The first-order valence-electron chi connectivity index (χ1n) is 5.10. The summed E-state index contributed by atoms with van der Waals surface area (Å²) in [5.41, 5.74) is 0.376. The third kappa shape index (κ3) is 3.83. The van der Waals surface area contributed by atoms with E-state index in [1.807, 2.05) is 0 Å². The van der Waals surface area contributed by atoms with Gasteiger partial charge in [-0.2, -0.15) is 0 Å². The Balaban J connectivity index is 2.71. The number of sulfonamides is 1. The average molecular weight is 257 g/mol. The minimum atomic E-state index is -3.71. The largest absolute Gasteiger partial charge is 0.458 e. The van der Waals surface area contributed by atoms with Crippen molar-refractivity contribution < 1.29 is 17.9 Å². The van der Waals surface area contributed by atoms with E-state index in [1.54, 1.807) is 30.3 Å². The number of ether oxygens (including phenoxy) is 1. The van der Waals surface area contributed by atoms with Crippen LogP contribution in [-0.2, 0) is 14.8 Å². The summed E-state index contributed by atoms with van der Waals surface area (Å²) in [6.07, 6.45) is -0.794. The summed E-state index contributed by atoms with van der Waals surface area (Å²) in [4.78, 5) is 11.6. The van der Waals surface area contributed by atoms with Gasteiger partial charge >= 0.3 is 5.97 Å². The van der Waals surface area contributed by atoms with E-state index in [4.69, 9.17) is 9.88 Å². The van der Waals surface area contributed by atoms with Crippen LogP contribution in [0.3, 0.4) is 0 Å². The molecule has 6 heteroatoms. The molecule has 0 spiro atoms. The molecule has 94 valence electrons. The van der Waals surface area contributed by atoms with Crippen LogP contribution in [0.15, 0.2) is 30.3 Å². The molecule has 2 N–H and O–H groups in total. The Hall–Kier alpha value is -1.40. The van der Waals surface area contributed by atoms with Crippen LogP contribution in [0.5, 0.6) is 0 Å². The number of carbonyl (C=O) groups is 1. The zero-order chi connectivity index (χ0) is 13.1. The SMILES string of the molecule is CC(OC(=O)c1ccccc1)C(C)S(N)(=O)=O. The van der Waals surface area contributed by atoms with Gasteiger partial charge in [-0.3, -0.25) is 0 Å². The molecule has 0 radical (unpaired) electrons. The number of esters is 1. The lowest BCUT2D eigenvalue weighted by Crippen LogP contribution is -2.37. The van der Waals surface area contributed by atoms with Crippen molar-refractivity contribution in [1.82, 2.24) is 0 Å². The van der Waals surface area contributed by atoms with E-state index in [1.165, 1.54) is 13.8 Å². The summed E-state index contributed by atoms with van der Waals surface area (Å²) in [5.74, 6) is -0.561. The van der Waals surface area contributed by atoms with Crippen LogP contribution in [0, 0.1) is 0 Å². The lowest BCUT2D eigenvalue weighted by atomic mass is 10.2. The van der Waals surface area contributed by atoms with E-state index < -0.39 is 27.3 Å². The Bertz CT molecular complexity index is 483. The van der Waals surface area contributed by atoms with Crippen molar-refractivity contribution in [3.8, 4) is 0 Å². The number of primary sulfonamides is 1. The van der Waals surface area contributed by atoms with Gasteiger partial charge in [0.25, 0.3) is 0 Å². The zero-order valence-corrected chi connectivity index (χ0v) is 10.5. The Morgan fingerprint density at radius 3 is 2.24 bits per heavy atom. The van der Waals surface area contributed by atoms with Crippen LogP contribution in [0.4, 0.5) is 0 Å². The van der Waals surface area contributed by atoms with E-state index in [-0.39, 0.29) is 0 Å². The highest BCUT2D eigenvalue weighted by Gasteiger charge is 2.26. The molecule has 1 aromatic carbocycles. The Kier molecular flexibility index (Phi) is 4.25. The van der Waals surface area contributed by atoms with Gasteiger partial charge in [-0.1, -0.05) is 18.2 Å². The second-order valence-electron chi connectivity index (χ2n) is 3.77. The molecule has 5 nitrogen and oxygen atoms in total.